The van der Waals surface area contributed by atoms with Crippen LogP contribution in [0.3, 0.4) is 0 Å². The predicted molar refractivity (Wildman–Crippen MR) is 103 cm³/mol. The molecule has 138 valence electrons. The Hall–Kier alpha value is -2.14. The molecular weight excluding hydrogens is 326 g/mol. The van der Waals surface area contributed by atoms with E-state index in [1.165, 1.54) is 25.8 Å². The van der Waals surface area contributed by atoms with Crippen LogP contribution in [0, 0.1) is 5.92 Å². The molecule has 3 heterocycles. The van der Waals surface area contributed by atoms with Gasteiger partial charge in [-0.05, 0) is 75.4 Å². The van der Waals surface area contributed by atoms with Gasteiger partial charge in [0.25, 0.3) is 5.91 Å². The second-order valence-electron chi connectivity index (χ2n) is 7.40. The number of aromatic nitrogens is 1. The van der Waals surface area contributed by atoms with Crippen molar-refractivity contribution in [3.05, 3.63) is 36.0 Å². The van der Waals surface area contributed by atoms with Gasteiger partial charge in [0.2, 0.25) is 0 Å². The number of hydrogen-bond acceptors (Lipinski definition) is 4. The number of carbonyl (C=O) groups excluding carboxylic acids is 1. The van der Waals surface area contributed by atoms with Gasteiger partial charge in [0, 0.05) is 18.5 Å². The summed E-state index contributed by atoms with van der Waals surface area (Å²) in [4.78, 5) is 18.6. The van der Waals surface area contributed by atoms with E-state index in [2.05, 4.69) is 10.3 Å². The van der Waals surface area contributed by atoms with Gasteiger partial charge in [0.05, 0.1) is 12.1 Å². The Morgan fingerprint density at radius 3 is 2.92 bits per heavy atom. The number of nitrogens with one attached hydrogen (secondary N) is 1. The maximum atomic E-state index is 12.3. The second kappa shape index (κ2) is 8.04. The molecule has 26 heavy (non-hydrogen) atoms. The lowest BCUT2D eigenvalue weighted by molar-refractivity contribution is 0.0646. The molecule has 5 nitrogen and oxygen atoms in total. The van der Waals surface area contributed by atoms with Crippen molar-refractivity contribution in [2.24, 2.45) is 5.92 Å². The number of piperidine rings is 1. The van der Waals surface area contributed by atoms with Crippen LogP contribution >= 0.6 is 0 Å². The standard InChI is InChI=1S/C21H27N3O2/c25-21(24-11-3-12-24)20-8-6-17-14-18(7-9-19(17)23-20)26-13-2-5-16-4-1-10-22-15-16/h6-9,14,16,22H,1-5,10-13,15H2. The van der Waals surface area contributed by atoms with Crippen molar-refractivity contribution in [2.75, 3.05) is 32.8 Å². The largest absolute Gasteiger partial charge is 0.494 e. The molecule has 1 aromatic heterocycles. The quantitative estimate of drug-likeness (QED) is 0.810. The number of fused-ring (bicyclic) bond motifs is 1. The molecule has 1 N–H and O–H groups in total. The average molecular weight is 353 g/mol. The molecule has 1 unspecified atom stereocenters. The van der Waals surface area contributed by atoms with Gasteiger partial charge in [-0.25, -0.2) is 4.98 Å². The SMILES string of the molecule is O=C(c1ccc2cc(OCCCC3CCCNC3)ccc2n1)N1CCC1. The lowest BCUT2D eigenvalue weighted by Crippen LogP contribution is -2.42. The fraction of sp³-hybridized carbons (Fsp3) is 0.524. The lowest BCUT2D eigenvalue weighted by Gasteiger charge is -2.30. The van der Waals surface area contributed by atoms with E-state index in [0.29, 0.717) is 5.69 Å². The number of carbonyl (C=O) groups is 1. The summed E-state index contributed by atoms with van der Waals surface area (Å²) in [5.74, 6) is 1.72. The van der Waals surface area contributed by atoms with Crippen LogP contribution in [0.2, 0.25) is 0 Å². The third-order valence-corrected chi connectivity index (χ3v) is 5.45. The van der Waals surface area contributed by atoms with Crippen molar-refractivity contribution in [1.29, 1.82) is 0 Å². The predicted octanol–water partition coefficient (Wildman–Crippen LogP) is 3.24. The Kier molecular flexibility index (Phi) is 5.34. The van der Waals surface area contributed by atoms with Gasteiger partial charge in [-0.2, -0.15) is 0 Å². The summed E-state index contributed by atoms with van der Waals surface area (Å²) in [6, 6.07) is 9.71. The van der Waals surface area contributed by atoms with Gasteiger partial charge in [0.15, 0.2) is 0 Å². The van der Waals surface area contributed by atoms with E-state index in [-0.39, 0.29) is 5.91 Å². The van der Waals surface area contributed by atoms with Gasteiger partial charge < -0.3 is 15.0 Å². The number of amides is 1. The Balaban J connectivity index is 1.32. The van der Waals surface area contributed by atoms with E-state index in [1.54, 1.807) is 0 Å². The van der Waals surface area contributed by atoms with Crippen molar-refractivity contribution < 1.29 is 9.53 Å². The van der Waals surface area contributed by atoms with Crippen molar-refractivity contribution >= 4 is 16.8 Å². The molecule has 5 heteroatoms. The Labute approximate surface area is 154 Å². The molecule has 0 bridgehead atoms. The first kappa shape index (κ1) is 17.3. The highest BCUT2D eigenvalue weighted by Crippen LogP contribution is 2.22. The number of hydrogen-bond donors (Lipinski definition) is 1. The monoisotopic (exact) mass is 353 g/mol. The first-order valence-electron chi connectivity index (χ1n) is 9.83. The normalized spacial score (nSPS) is 20.0. The molecule has 2 fully saturated rings. The summed E-state index contributed by atoms with van der Waals surface area (Å²) in [5, 5.41) is 4.48. The first-order valence-corrected chi connectivity index (χ1v) is 9.83. The van der Waals surface area contributed by atoms with Crippen LogP contribution in [-0.2, 0) is 0 Å². The molecule has 1 amide bonds. The van der Waals surface area contributed by atoms with Gasteiger partial charge >= 0.3 is 0 Å². The number of rotatable bonds is 6. The lowest BCUT2D eigenvalue weighted by atomic mass is 9.95. The molecule has 0 saturated carbocycles. The summed E-state index contributed by atoms with van der Waals surface area (Å²) in [7, 11) is 0. The third kappa shape index (κ3) is 3.98. The highest BCUT2D eigenvalue weighted by Gasteiger charge is 2.22. The fourth-order valence-corrected chi connectivity index (χ4v) is 3.73. The van der Waals surface area contributed by atoms with Gasteiger partial charge in [0.1, 0.15) is 11.4 Å². The van der Waals surface area contributed by atoms with E-state index in [4.69, 9.17) is 4.74 Å². The molecule has 4 rings (SSSR count). The van der Waals surface area contributed by atoms with Gasteiger partial charge in [-0.15, -0.1) is 0 Å². The molecule has 1 aromatic carbocycles. The number of pyridine rings is 1. The average Bonchev–Trinajstić information content (AvgIpc) is 2.64. The number of likely N-dealkylation sites (tertiary alicyclic amines) is 1. The molecular formula is C21H27N3O2. The minimum atomic E-state index is 0.0377. The fourth-order valence-electron chi connectivity index (χ4n) is 3.73. The van der Waals surface area contributed by atoms with Gasteiger partial charge in [-0.1, -0.05) is 6.07 Å². The molecule has 0 aliphatic carbocycles. The van der Waals surface area contributed by atoms with E-state index < -0.39 is 0 Å². The molecule has 2 aromatic rings. The van der Waals surface area contributed by atoms with E-state index >= 15 is 0 Å². The highest BCUT2D eigenvalue weighted by molar-refractivity contribution is 5.95. The summed E-state index contributed by atoms with van der Waals surface area (Å²) >= 11 is 0. The van der Waals surface area contributed by atoms with Crippen LogP contribution in [0.25, 0.3) is 10.9 Å². The Morgan fingerprint density at radius 2 is 2.15 bits per heavy atom. The smallest absolute Gasteiger partial charge is 0.272 e. The van der Waals surface area contributed by atoms with Crippen LogP contribution in [0.4, 0.5) is 0 Å². The van der Waals surface area contributed by atoms with Crippen LogP contribution < -0.4 is 10.1 Å². The van der Waals surface area contributed by atoms with E-state index in [0.717, 1.165) is 61.7 Å². The maximum absolute atomic E-state index is 12.3. The zero-order valence-electron chi connectivity index (χ0n) is 15.2. The minimum absolute atomic E-state index is 0.0377. The molecule has 2 aliphatic rings. The Morgan fingerprint density at radius 1 is 1.23 bits per heavy atom. The summed E-state index contributed by atoms with van der Waals surface area (Å²) < 4.78 is 5.92. The Bertz CT molecular complexity index is 767. The van der Waals surface area contributed by atoms with Crippen LogP contribution in [0.5, 0.6) is 5.75 Å². The maximum Gasteiger partial charge on any atom is 0.272 e. The molecule has 0 radical (unpaired) electrons. The number of ether oxygens (including phenoxy) is 1. The summed E-state index contributed by atoms with van der Waals surface area (Å²) in [5.41, 5.74) is 1.38. The summed E-state index contributed by atoms with van der Waals surface area (Å²) in [6.45, 7) is 4.77. The van der Waals surface area contributed by atoms with E-state index in [1.807, 2.05) is 35.2 Å². The first-order chi connectivity index (χ1) is 12.8. The molecule has 2 aliphatic heterocycles. The molecule has 0 spiro atoms. The van der Waals surface area contributed by atoms with Crippen LogP contribution in [0.15, 0.2) is 30.3 Å². The minimum Gasteiger partial charge on any atom is -0.494 e. The number of nitrogens with zero attached hydrogens (tertiary/aromatic N) is 2. The number of benzene rings is 1. The highest BCUT2D eigenvalue weighted by atomic mass is 16.5. The molecule has 2 saturated heterocycles. The van der Waals surface area contributed by atoms with Crippen molar-refractivity contribution in [2.45, 2.75) is 32.1 Å². The molecule has 1 atom stereocenters. The zero-order chi connectivity index (χ0) is 17.8. The van der Waals surface area contributed by atoms with Crippen molar-refractivity contribution in [3.8, 4) is 5.75 Å². The zero-order valence-corrected chi connectivity index (χ0v) is 15.2. The van der Waals surface area contributed by atoms with E-state index in [9.17, 15) is 4.79 Å². The summed E-state index contributed by atoms with van der Waals surface area (Å²) in [6.07, 6.45) is 6.05. The second-order valence-corrected chi connectivity index (χ2v) is 7.40. The topological polar surface area (TPSA) is 54.5 Å². The van der Waals surface area contributed by atoms with Crippen LogP contribution in [0.1, 0.15) is 42.6 Å². The third-order valence-electron chi connectivity index (χ3n) is 5.45. The van der Waals surface area contributed by atoms with Crippen LogP contribution in [-0.4, -0.2) is 48.6 Å². The van der Waals surface area contributed by atoms with Gasteiger partial charge in [-0.3, -0.25) is 4.79 Å². The van der Waals surface area contributed by atoms with Crippen molar-refractivity contribution in [3.63, 3.8) is 0 Å². The van der Waals surface area contributed by atoms with Crippen molar-refractivity contribution in [1.82, 2.24) is 15.2 Å².